The van der Waals surface area contributed by atoms with Crippen LogP contribution in [0.1, 0.15) is 34.9 Å². The van der Waals surface area contributed by atoms with Crippen molar-refractivity contribution >= 4 is 16.9 Å². The van der Waals surface area contributed by atoms with Crippen LogP contribution in [0, 0.1) is 0 Å². The second-order valence-corrected chi connectivity index (χ2v) is 7.17. The molecule has 0 saturated carbocycles. The van der Waals surface area contributed by atoms with Crippen LogP contribution in [0.3, 0.4) is 0 Å². The fourth-order valence-corrected chi connectivity index (χ4v) is 4.05. The Kier molecular flexibility index (Phi) is 4.94. The second kappa shape index (κ2) is 7.54. The zero-order valence-corrected chi connectivity index (χ0v) is 16.5. The molecule has 1 amide bonds. The molecule has 1 aromatic heterocycles. The van der Waals surface area contributed by atoms with Crippen LogP contribution in [0.5, 0.6) is 11.5 Å². The van der Waals surface area contributed by atoms with E-state index in [-0.39, 0.29) is 11.8 Å². The number of nitrogens with zero attached hydrogens (tertiary/aromatic N) is 3. The molecule has 28 heavy (non-hydrogen) atoms. The maximum Gasteiger partial charge on any atom is 0.257 e. The number of amides is 1. The van der Waals surface area contributed by atoms with Crippen molar-refractivity contribution in [3.8, 4) is 11.5 Å². The summed E-state index contributed by atoms with van der Waals surface area (Å²) in [6, 6.07) is 13.5. The summed E-state index contributed by atoms with van der Waals surface area (Å²) in [4.78, 5) is 19.9. The maximum absolute atomic E-state index is 13.2. The first kappa shape index (κ1) is 18.3. The van der Waals surface area contributed by atoms with Crippen molar-refractivity contribution in [3.63, 3.8) is 0 Å². The van der Waals surface area contributed by atoms with Crippen LogP contribution in [-0.2, 0) is 7.05 Å². The smallest absolute Gasteiger partial charge is 0.257 e. The quantitative estimate of drug-likeness (QED) is 0.695. The molecular formula is C22H25N3O3. The highest BCUT2D eigenvalue weighted by Crippen LogP contribution is 2.31. The highest BCUT2D eigenvalue weighted by Gasteiger charge is 2.29. The molecule has 0 bridgehead atoms. The minimum Gasteiger partial charge on any atom is -0.497 e. The average molecular weight is 379 g/mol. The number of carbonyl (C=O) groups is 1. The molecule has 6 heteroatoms. The predicted octanol–water partition coefficient (Wildman–Crippen LogP) is 3.61. The summed E-state index contributed by atoms with van der Waals surface area (Å²) in [6.45, 7) is 1.40. The number of hydrogen-bond acceptors (Lipinski definition) is 4. The van der Waals surface area contributed by atoms with Crippen molar-refractivity contribution in [2.75, 3.05) is 27.3 Å². The van der Waals surface area contributed by atoms with E-state index in [0.29, 0.717) is 23.6 Å². The van der Waals surface area contributed by atoms with Crippen molar-refractivity contribution < 1.29 is 14.3 Å². The van der Waals surface area contributed by atoms with Gasteiger partial charge in [-0.05, 0) is 37.1 Å². The van der Waals surface area contributed by atoms with E-state index < -0.39 is 0 Å². The summed E-state index contributed by atoms with van der Waals surface area (Å²) in [7, 11) is 5.23. The van der Waals surface area contributed by atoms with Crippen LogP contribution in [0.25, 0.3) is 11.0 Å². The first-order chi connectivity index (χ1) is 13.6. The van der Waals surface area contributed by atoms with Gasteiger partial charge in [-0.3, -0.25) is 4.79 Å². The SMILES string of the molecule is COc1ccc(C(=O)N2CCCC(c3nc4ccccc4n3C)C2)c(OC)c1. The lowest BCUT2D eigenvalue weighted by molar-refractivity contribution is 0.0700. The van der Waals surface area contributed by atoms with Crippen LogP contribution in [0.4, 0.5) is 0 Å². The number of para-hydroxylation sites is 2. The number of imidazole rings is 1. The lowest BCUT2D eigenvalue weighted by Crippen LogP contribution is -2.39. The van der Waals surface area contributed by atoms with E-state index in [0.717, 1.165) is 36.2 Å². The third kappa shape index (κ3) is 3.19. The fraction of sp³-hybridized carbons (Fsp3) is 0.364. The summed E-state index contributed by atoms with van der Waals surface area (Å²) in [5, 5.41) is 0. The first-order valence-corrected chi connectivity index (χ1v) is 9.55. The van der Waals surface area contributed by atoms with E-state index in [1.54, 1.807) is 32.4 Å². The molecule has 4 rings (SSSR count). The number of benzene rings is 2. The largest absolute Gasteiger partial charge is 0.497 e. The minimum absolute atomic E-state index is 0.0111. The number of hydrogen-bond donors (Lipinski definition) is 0. The normalized spacial score (nSPS) is 17.0. The topological polar surface area (TPSA) is 56.6 Å². The van der Waals surface area contributed by atoms with E-state index in [1.807, 2.05) is 23.1 Å². The summed E-state index contributed by atoms with van der Waals surface area (Å²) in [6.07, 6.45) is 1.98. The molecule has 3 aromatic rings. The number of likely N-dealkylation sites (tertiary alicyclic amines) is 1. The Morgan fingerprint density at radius 1 is 1.14 bits per heavy atom. The van der Waals surface area contributed by atoms with Crippen molar-refractivity contribution in [3.05, 3.63) is 53.9 Å². The molecule has 2 aromatic carbocycles. The number of rotatable bonds is 4. The third-order valence-corrected chi connectivity index (χ3v) is 5.53. The summed E-state index contributed by atoms with van der Waals surface area (Å²) < 4.78 is 12.8. The van der Waals surface area contributed by atoms with Gasteiger partial charge in [0.05, 0.1) is 30.8 Å². The number of carbonyl (C=O) groups excluding carboxylic acids is 1. The maximum atomic E-state index is 13.2. The average Bonchev–Trinajstić information content (AvgIpc) is 3.09. The number of aryl methyl sites for hydroxylation is 1. The molecule has 0 aliphatic carbocycles. The number of methoxy groups -OCH3 is 2. The molecule has 1 aliphatic rings. The van der Waals surface area contributed by atoms with Gasteiger partial charge in [-0.2, -0.15) is 0 Å². The van der Waals surface area contributed by atoms with Crippen molar-refractivity contribution in [1.29, 1.82) is 0 Å². The number of fused-ring (bicyclic) bond motifs is 1. The van der Waals surface area contributed by atoms with E-state index in [2.05, 4.69) is 17.7 Å². The van der Waals surface area contributed by atoms with Crippen LogP contribution in [0.15, 0.2) is 42.5 Å². The lowest BCUT2D eigenvalue weighted by Gasteiger charge is -2.32. The standard InChI is InChI=1S/C22H25N3O3/c1-24-19-9-5-4-8-18(19)23-21(24)15-7-6-12-25(14-15)22(26)17-11-10-16(27-2)13-20(17)28-3/h4-5,8-11,13,15H,6-7,12,14H2,1-3H3. The molecule has 2 heterocycles. The predicted molar refractivity (Wildman–Crippen MR) is 108 cm³/mol. The van der Waals surface area contributed by atoms with Gasteiger partial charge >= 0.3 is 0 Å². The second-order valence-electron chi connectivity index (χ2n) is 7.17. The monoisotopic (exact) mass is 379 g/mol. The van der Waals surface area contributed by atoms with Gasteiger partial charge in [0.25, 0.3) is 5.91 Å². The summed E-state index contributed by atoms with van der Waals surface area (Å²) >= 11 is 0. The molecule has 1 saturated heterocycles. The van der Waals surface area contributed by atoms with E-state index >= 15 is 0 Å². The molecule has 0 spiro atoms. The van der Waals surface area contributed by atoms with Crippen molar-refractivity contribution in [1.82, 2.24) is 14.5 Å². The summed E-state index contributed by atoms with van der Waals surface area (Å²) in [5.41, 5.74) is 2.69. The molecule has 146 valence electrons. The molecule has 1 unspecified atom stereocenters. The Bertz CT molecular complexity index is 1010. The molecule has 1 aliphatic heterocycles. The Morgan fingerprint density at radius 2 is 1.96 bits per heavy atom. The van der Waals surface area contributed by atoms with Crippen molar-refractivity contribution in [2.45, 2.75) is 18.8 Å². The van der Waals surface area contributed by atoms with E-state index in [1.165, 1.54) is 0 Å². The van der Waals surface area contributed by atoms with Crippen LogP contribution in [0.2, 0.25) is 0 Å². The zero-order chi connectivity index (χ0) is 19.7. The van der Waals surface area contributed by atoms with Crippen molar-refractivity contribution in [2.24, 2.45) is 7.05 Å². The van der Waals surface area contributed by atoms with Gasteiger partial charge in [0.2, 0.25) is 0 Å². The van der Waals surface area contributed by atoms with Crippen LogP contribution in [-0.4, -0.2) is 47.7 Å². The fourth-order valence-electron chi connectivity index (χ4n) is 4.05. The van der Waals surface area contributed by atoms with Gasteiger partial charge in [0.1, 0.15) is 17.3 Å². The van der Waals surface area contributed by atoms with E-state index in [4.69, 9.17) is 14.5 Å². The number of piperidine rings is 1. The molecule has 6 nitrogen and oxygen atoms in total. The Hall–Kier alpha value is -3.02. The van der Waals surface area contributed by atoms with E-state index in [9.17, 15) is 4.79 Å². The van der Waals surface area contributed by atoms with Gasteiger partial charge in [-0.15, -0.1) is 0 Å². The summed E-state index contributed by atoms with van der Waals surface area (Å²) in [5.74, 6) is 2.46. The van der Waals surface area contributed by atoms with Gasteiger partial charge in [0.15, 0.2) is 0 Å². The highest BCUT2D eigenvalue weighted by atomic mass is 16.5. The highest BCUT2D eigenvalue weighted by molar-refractivity contribution is 5.97. The van der Waals surface area contributed by atoms with Gasteiger partial charge in [0, 0.05) is 32.1 Å². The zero-order valence-electron chi connectivity index (χ0n) is 16.5. The van der Waals surface area contributed by atoms with Gasteiger partial charge < -0.3 is 18.9 Å². The lowest BCUT2D eigenvalue weighted by atomic mass is 9.96. The van der Waals surface area contributed by atoms with Gasteiger partial charge in [-0.1, -0.05) is 12.1 Å². The Labute approximate surface area is 164 Å². The third-order valence-electron chi connectivity index (χ3n) is 5.53. The minimum atomic E-state index is -0.0111. The van der Waals surface area contributed by atoms with Gasteiger partial charge in [-0.25, -0.2) is 4.98 Å². The molecule has 1 atom stereocenters. The number of ether oxygens (including phenoxy) is 2. The number of aromatic nitrogens is 2. The van der Waals surface area contributed by atoms with Crippen LogP contribution >= 0.6 is 0 Å². The molecule has 1 fully saturated rings. The molecular weight excluding hydrogens is 354 g/mol. The molecule has 0 radical (unpaired) electrons. The Balaban J connectivity index is 1.60. The first-order valence-electron chi connectivity index (χ1n) is 9.55. The van der Waals surface area contributed by atoms with Crippen LogP contribution < -0.4 is 9.47 Å². The molecule has 0 N–H and O–H groups in total. The Morgan fingerprint density at radius 3 is 2.71 bits per heavy atom.